The monoisotopic (exact) mass is 200 g/mol. The van der Waals surface area contributed by atoms with E-state index in [1.807, 2.05) is 13.8 Å². The minimum atomic E-state index is 0.957. The van der Waals surface area contributed by atoms with E-state index >= 15 is 0 Å². The highest BCUT2D eigenvalue weighted by Gasteiger charge is 1.97. The third-order valence-electron chi connectivity index (χ3n) is 1.39. The Hall–Kier alpha value is -0.570. The van der Waals surface area contributed by atoms with E-state index in [1.165, 1.54) is 12.1 Å². The molecule has 1 N–H and O–H groups in total. The van der Waals surface area contributed by atoms with E-state index in [9.17, 15) is 0 Å². The van der Waals surface area contributed by atoms with Crippen LogP contribution in [-0.2, 0) is 6.42 Å². The Balaban J connectivity index is 0.000000671. The van der Waals surface area contributed by atoms with Crippen molar-refractivity contribution in [1.29, 1.82) is 0 Å². The van der Waals surface area contributed by atoms with Gasteiger partial charge in [-0.1, -0.05) is 27.2 Å². The molecule has 1 aromatic heterocycles. The number of rotatable bonds is 4. The quantitative estimate of drug-likeness (QED) is 0.804. The maximum atomic E-state index is 4.40. The van der Waals surface area contributed by atoms with Crippen molar-refractivity contribution in [1.82, 2.24) is 4.98 Å². The summed E-state index contributed by atoms with van der Waals surface area (Å²) < 4.78 is 0. The Morgan fingerprint density at radius 3 is 2.62 bits per heavy atom. The number of nitrogens with zero attached hydrogens (tertiary/aromatic N) is 1. The van der Waals surface area contributed by atoms with E-state index in [0.717, 1.165) is 18.1 Å². The summed E-state index contributed by atoms with van der Waals surface area (Å²) in [6.07, 6.45) is 2.27. The standard InChI is InChI=1S/C8H14N2S.C2H6/c1-3-5-7-6-11-8(10-7)9-4-2;1-2/h6H,3-5H2,1-2H3,(H,9,10);1-2H3. The molecule has 0 saturated heterocycles. The smallest absolute Gasteiger partial charge is 0.182 e. The van der Waals surface area contributed by atoms with Gasteiger partial charge in [0.1, 0.15) is 0 Å². The molecule has 0 atom stereocenters. The van der Waals surface area contributed by atoms with Gasteiger partial charge in [0.15, 0.2) is 5.13 Å². The summed E-state index contributed by atoms with van der Waals surface area (Å²) in [7, 11) is 0. The fourth-order valence-corrected chi connectivity index (χ4v) is 1.73. The number of aryl methyl sites for hydroxylation is 1. The van der Waals surface area contributed by atoms with Crippen molar-refractivity contribution in [2.45, 2.75) is 40.5 Å². The lowest BCUT2D eigenvalue weighted by molar-refractivity contribution is 0.892. The van der Waals surface area contributed by atoms with Gasteiger partial charge < -0.3 is 5.32 Å². The molecule has 13 heavy (non-hydrogen) atoms. The number of thiazole rings is 1. The predicted molar refractivity (Wildman–Crippen MR) is 61.6 cm³/mol. The molecule has 0 aliphatic heterocycles. The van der Waals surface area contributed by atoms with Gasteiger partial charge in [0.05, 0.1) is 5.69 Å². The van der Waals surface area contributed by atoms with E-state index in [1.54, 1.807) is 11.3 Å². The average Bonchev–Trinajstić information content (AvgIpc) is 2.58. The first-order valence-corrected chi connectivity index (χ1v) is 5.93. The van der Waals surface area contributed by atoms with E-state index in [0.29, 0.717) is 0 Å². The van der Waals surface area contributed by atoms with Crippen LogP contribution in [0.2, 0.25) is 0 Å². The van der Waals surface area contributed by atoms with Crippen LogP contribution < -0.4 is 5.32 Å². The zero-order valence-electron chi connectivity index (χ0n) is 9.05. The van der Waals surface area contributed by atoms with Gasteiger partial charge in [0.2, 0.25) is 0 Å². The number of anilines is 1. The van der Waals surface area contributed by atoms with Gasteiger partial charge >= 0.3 is 0 Å². The molecule has 1 aromatic rings. The normalized spacial score (nSPS) is 8.92. The van der Waals surface area contributed by atoms with Crippen LogP contribution in [0.1, 0.15) is 39.8 Å². The van der Waals surface area contributed by atoms with E-state index in [-0.39, 0.29) is 0 Å². The van der Waals surface area contributed by atoms with E-state index in [4.69, 9.17) is 0 Å². The van der Waals surface area contributed by atoms with Crippen LogP contribution in [-0.4, -0.2) is 11.5 Å². The van der Waals surface area contributed by atoms with Crippen LogP contribution in [0.5, 0.6) is 0 Å². The maximum Gasteiger partial charge on any atom is 0.182 e. The highest BCUT2D eigenvalue weighted by Crippen LogP contribution is 2.15. The van der Waals surface area contributed by atoms with E-state index < -0.39 is 0 Å². The van der Waals surface area contributed by atoms with Gasteiger partial charge in [-0.25, -0.2) is 4.98 Å². The molecule has 1 heterocycles. The van der Waals surface area contributed by atoms with Crippen LogP contribution >= 0.6 is 11.3 Å². The SMILES string of the molecule is CC.CCCc1csc(NCC)n1. The number of hydrogen-bond donors (Lipinski definition) is 1. The number of aromatic nitrogens is 1. The lowest BCUT2D eigenvalue weighted by Crippen LogP contribution is -1.95. The predicted octanol–water partition coefficient (Wildman–Crippen LogP) is 3.55. The summed E-state index contributed by atoms with van der Waals surface area (Å²) in [6.45, 7) is 9.21. The Bertz CT molecular complexity index is 188. The molecule has 76 valence electrons. The first kappa shape index (κ1) is 12.4. The summed E-state index contributed by atoms with van der Waals surface area (Å²) in [5.41, 5.74) is 1.22. The summed E-state index contributed by atoms with van der Waals surface area (Å²) in [4.78, 5) is 4.40. The first-order valence-electron chi connectivity index (χ1n) is 5.05. The van der Waals surface area contributed by atoms with Crippen LogP contribution in [0.3, 0.4) is 0 Å². The van der Waals surface area contributed by atoms with Crippen molar-refractivity contribution in [3.05, 3.63) is 11.1 Å². The third kappa shape index (κ3) is 4.88. The van der Waals surface area contributed by atoms with Crippen LogP contribution in [0, 0.1) is 0 Å². The lowest BCUT2D eigenvalue weighted by Gasteiger charge is -1.93. The molecule has 0 unspecified atom stereocenters. The second-order valence-corrected chi connectivity index (χ2v) is 3.28. The molecule has 0 aromatic carbocycles. The van der Waals surface area contributed by atoms with Crippen molar-refractivity contribution in [2.24, 2.45) is 0 Å². The van der Waals surface area contributed by atoms with Gasteiger partial charge in [-0.15, -0.1) is 11.3 Å². The fraction of sp³-hybridized carbons (Fsp3) is 0.700. The molecule has 0 radical (unpaired) electrons. The molecule has 0 aliphatic rings. The molecule has 0 fully saturated rings. The highest BCUT2D eigenvalue weighted by atomic mass is 32.1. The summed E-state index contributed by atoms with van der Waals surface area (Å²) in [5.74, 6) is 0. The van der Waals surface area contributed by atoms with Gasteiger partial charge in [0.25, 0.3) is 0 Å². The van der Waals surface area contributed by atoms with Crippen LogP contribution in [0.4, 0.5) is 5.13 Å². The molecule has 0 bridgehead atoms. The van der Waals surface area contributed by atoms with Crippen LogP contribution in [0.15, 0.2) is 5.38 Å². The Morgan fingerprint density at radius 1 is 1.38 bits per heavy atom. The van der Waals surface area contributed by atoms with Crippen molar-refractivity contribution in [3.8, 4) is 0 Å². The molecule has 1 rings (SSSR count). The Morgan fingerprint density at radius 2 is 2.08 bits per heavy atom. The number of hydrogen-bond acceptors (Lipinski definition) is 3. The molecule has 0 spiro atoms. The number of nitrogens with one attached hydrogen (secondary N) is 1. The van der Waals surface area contributed by atoms with Crippen molar-refractivity contribution in [3.63, 3.8) is 0 Å². The average molecular weight is 200 g/mol. The van der Waals surface area contributed by atoms with Gasteiger partial charge in [-0.05, 0) is 13.3 Å². The molecular weight excluding hydrogens is 180 g/mol. The van der Waals surface area contributed by atoms with E-state index in [2.05, 4.69) is 29.5 Å². The molecule has 0 saturated carbocycles. The second-order valence-electron chi connectivity index (χ2n) is 2.42. The van der Waals surface area contributed by atoms with Gasteiger partial charge in [0, 0.05) is 11.9 Å². The van der Waals surface area contributed by atoms with Crippen molar-refractivity contribution in [2.75, 3.05) is 11.9 Å². The fourth-order valence-electron chi connectivity index (χ4n) is 0.910. The topological polar surface area (TPSA) is 24.9 Å². The molecular formula is C10H20N2S. The van der Waals surface area contributed by atoms with Gasteiger partial charge in [-0.2, -0.15) is 0 Å². The summed E-state index contributed by atoms with van der Waals surface area (Å²) in [6, 6.07) is 0. The Kier molecular flexibility index (Phi) is 7.69. The zero-order valence-corrected chi connectivity index (χ0v) is 9.87. The summed E-state index contributed by atoms with van der Waals surface area (Å²) in [5, 5.41) is 6.37. The lowest BCUT2D eigenvalue weighted by atomic mass is 10.3. The second kappa shape index (κ2) is 8.05. The highest BCUT2D eigenvalue weighted by molar-refractivity contribution is 7.13. The van der Waals surface area contributed by atoms with Crippen molar-refractivity contribution >= 4 is 16.5 Å². The molecule has 0 amide bonds. The minimum Gasteiger partial charge on any atom is -0.362 e. The largest absolute Gasteiger partial charge is 0.362 e. The minimum absolute atomic E-state index is 0.957. The Labute approximate surface area is 85.4 Å². The zero-order chi connectivity index (χ0) is 10.1. The molecule has 2 nitrogen and oxygen atoms in total. The van der Waals surface area contributed by atoms with Crippen LogP contribution in [0.25, 0.3) is 0 Å². The first-order chi connectivity index (χ1) is 6.36. The maximum absolute atomic E-state index is 4.40. The molecule has 3 heteroatoms. The van der Waals surface area contributed by atoms with Gasteiger partial charge in [-0.3, -0.25) is 0 Å². The third-order valence-corrected chi connectivity index (χ3v) is 2.23. The van der Waals surface area contributed by atoms with Crippen molar-refractivity contribution < 1.29 is 0 Å². The molecule has 0 aliphatic carbocycles. The summed E-state index contributed by atoms with van der Waals surface area (Å²) >= 11 is 1.69.